The summed E-state index contributed by atoms with van der Waals surface area (Å²) in [6, 6.07) is 11.1. The molecule has 0 aliphatic carbocycles. The Kier molecular flexibility index (Phi) is 5.52. The first kappa shape index (κ1) is 10.9. The predicted octanol–water partition coefficient (Wildman–Crippen LogP) is 1.55. The van der Waals surface area contributed by atoms with Crippen LogP contribution in [-0.4, -0.2) is 19.0 Å². The molecule has 0 N–H and O–H groups in total. The van der Waals surface area contributed by atoms with Crippen molar-refractivity contribution in [2.75, 3.05) is 14.1 Å². The van der Waals surface area contributed by atoms with Crippen molar-refractivity contribution in [2.24, 2.45) is 0 Å². The molecule has 0 unspecified atom stereocenters. The van der Waals surface area contributed by atoms with E-state index in [-0.39, 0.29) is 22.4 Å². The van der Waals surface area contributed by atoms with Crippen LogP contribution >= 0.6 is 0 Å². The van der Waals surface area contributed by atoms with Gasteiger partial charge < -0.3 is 4.90 Å². The van der Waals surface area contributed by atoms with Crippen molar-refractivity contribution in [3.05, 3.63) is 35.9 Å². The topological polar surface area (TPSA) is 3.24 Å². The molecular formula is C9H12AgN. The Hall–Kier alpha value is -0.0797. The Morgan fingerprint density at radius 3 is 2.64 bits per heavy atom. The summed E-state index contributed by atoms with van der Waals surface area (Å²) in [4.78, 5) is 2.14. The number of rotatable bonds is 2. The van der Waals surface area contributed by atoms with Gasteiger partial charge in [0, 0.05) is 0 Å². The van der Waals surface area contributed by atoms with Crippen LogP contribution in [0.4, 0.5) is 0 Å². The molecule has 1 nitrogen and oxygen atoms in total. The molecule has 1 rings (SSSR count). The minimum Gasteiger partial charge on any atom is -0.316 e. The summed E-state index contributed by atoms with van der Waals surface area (Å²) in [5.74, 6) is 0. The first-order valence-corrected chi connectivity index (χ1v) is 3.39. The van der Waals surface area contributed by atoms with Gasteiger partial charge in [-0.2, -0.15) is 30.3 Å². The minimum absolute atomic E-state index is 0. The molecule has 0 amide bonds. The maximum Gasteiger partial charge on any atom is 1.00 e. The first-order valence-electron chi connectivity index (χ1n) is 3.39. The van der Waals surface area contributed by atoms with Crippen LogP contribution in [-0.2, 0) is 28.9 Å². The molecule has 64 valence electrons. The van der Waals surface area contributed by atoms with Crippen LogP contribution in [0.5, 0.6) is 0 Å². The van der Waals surface area contributed by atoms with Crippen molar-refractivity contribution >= 4 is 0 Å². The zero-order chi connectivity index (χ0) is 7.40. The van der Waals surface area contributed by atoms with Crippen molar-refractivity contribution in [3.63, 3.8) is 0 Å². The van der Waals surface area contributed by atoms with Crippen LogP contribution in [0, 0.1) is 6.07 Å². The van der Waals surface area contributed by atoms with Crippen LogP contribution in [0.1, 0.15) is 5.56 Å². The average Bonchev–Trinajstić information content (AvgIpc) is 1.88. The third-order valence-electron chi connectivity index (χ3n) is 1.27. The van der Waals surface area contributed by atoms with E-state index in [4.69, 9.17) is 0 Å². The Labute approximate surface area is 83.9 Å². The average molecular weight is 242 g/mol. The van der Waals surface area contributed by atoms with Crippen molar-refractivity contribution in [2.45, 2.75) is 6.54 Å². The van der Waals surface area contributed by atoms with Crippen molar-refractivity contribution in [1.29, 1.82) is 0 Å². The van der Waals surface area contributed by atoms with Gasteiger partial charge in [-0.05, 0) is 20.6 Å². The fourth-order valence-corrected chi connectivity index (χ4v) is 0.894. The number of hydrogen-bond donors (Lipinski definition) is 0. The molecule has 0 saturated carbocycles. The summed E-state index contributed by atoms with van der Waals surface area (Å²) >= 11 is 0. The SMILES string of the molecule is CN(C)Cc1c[c-]ccc1.[Ag+]. The van der Waals surface area contributed by atoms with Gasteiger partial charge in [0.05, 0.1) is 0 Å². The zero-order valence-electron chi connectivity index (χ0n) is 6.77. The molecular weight excluding hydrogens is 230 g/mol. The van der Waals surface area contributed by atoms with Gasteiger partial charge in [-0.3, -0.25) is 0 Å². The van der Waals surface area contributed by atoms with E-state index >= 15 is 0 Å². The van der Waals surface area contributed by atoms with Crippen LogP contribution in [0.3, 0.4) is 0 Å². The molecule has 0 saturated heterocycles. The van der Waals surface area contributed by atoms with Crippen LogP contribution in [0.2, 0.25) is 0 Å². The van der Waals surface area contributed by atoms with Gasteiger partial charge in [-0.25, -0.2) is 0 Å². The maximum atomic E-state index is 3.04. The van der Waals surface area contributed by atoms with Gasteiger partial charge in [0.15, 0.2) is 0 Å². The van der Waals surface area contributed by atoms with Gasteiger partial charge >= 0.3 is 22.4 Å². The van der Waals surface area contributed by atoms with E-state index in [9.17, 15) is 0 Å². The Bertz CT molecular complexity index is 184. The van der Waals surface area contributed by atoms with Crippen LogP contribution in [0.25, 0.3) is 0 Å². The molecule has 0 atom stereocenters. The minimum atomic E-state index is 0. The quantitative estimate of drug-likeness (QED) is 0.561. The monoisotopic (exact) mass is 241 g/mol. The summed E-state index contributed by atoms with van der Waals surface area (Å²) in [6.07, 6.45) is 0. The Balaban J connectivity index is 0.000001000. The smallest absolute Gasteiger partial charge is 0.316 e. The molecule has 0 aromatic heterocycles. The van der Waals surface area contributed by atoms with E-state index in [2.05, 4.69) is 31.1 Å². The maximum absolute atomic E-state index is 3.04. The standard InChI is InChI=1S/C9H12N.Ag/c1-10(2)8-9-6-4-3-5-7-9;/h3-4,6-7H,8H2,1-2H3;/q-1;+1. The van der Waals surface area contributed by atoms with Gasteiger partial charge in [0.2, 0.25) is 0 Å². The van der Waals surface area contributed by atoms with Crippen molar-refractivity contribution in [3.8, 4) is 0 Å². The largest absolute Gasteiger partial charge is 1.00 e. The Morgan fingerprint density at radius 1 is 1.45 bits per heavy atom. The Morgan fingerprint density at radius 2 is 2.18 bits per heavy atom. The van der Waals surface area contributed by atoms with E-state index in [1.54, 1.807) is 0 Å². The fourth-order valence-electron chi connectivity index (χ4n) is 0.894. The van der Waals surface area contributed by atoms with Crippen LogP contribution in [0.15, 0.2) is 24.3 Å². The second-order valence-corrected chi connectivity index (χ2v) is 2.65. The van der Waals surface area contributed by atoms with Crippen LogP contribution < -0.4 is 0 Å². The van der Waals surface area contributed by atoms with Crippen molar-refractivity contribution in [1.82, 2.24) is 4.90 Å². The second kappa shape index (κ2) is 5.56. The fraction of sp³-hybridized carbons (Fsp3) is 0.333. The zero-order valence-corrected chi connectivity index (χ0v) is 8.25. The number of nitrogens with zero attached hydrogens (tertiary/aromatic N) is 1. The predicted molar refractivity (Wildman–Crippen MR) is 42.7 cm³/mol. The molecule has 0 aliphatic heterocycles. The van der Waals surface area contributed by atoms with Gasteiger partial charge in [-0.1, -0.05) is 0 Å². The molecule has 0 heterocycles. The summed E-state index contributed by atoms with van der Waals surface area (Å²) in [5.41, 5.74) is 1.31. The summed E-state index contributed by atoms with van der Waals surface area (Å²) in [5, 5.41) is 0. The number of hydrogen-bond acceptors (Lipinski definition) is 1. The molecule has 1 aromatic rings. The molecule has 0 bridgehead atoms. The van der Waals surface area contributed by atoms with Gasteiger partial charge in [-0.15, -0.1) is 5.56 Å². The molecule has 0 fully saturated rings. The molecule has 0 aliphatic rings. The second-order valence-electron chi connectivity index (χ2n) is 2.65. The normalized spacial score (nSPS) is 9.36. The van der Waals surface area contributed by atoms with Crippen molar-refractivity contribution < 1.29 is 22.4 Å². The molecule has 1 aromatic carbocycles. The number of benzene rings is 1. The van der Waals surface area contributed by atoms with Gasteiger partial charge in [0.1, 0.15) is 0 Å². The first-order chi connectivity index (χ1) is 4.79. The summed E-state index contributed by atoms with van der Waals surface area (Å²) in [7, 11) is 4.12. The third kappa shape index (κ3) is 4.38. The van der Waals surface area contributed by atoms with E-state index in [1.165, 1.54) is 5.56 Å². The molecule has 0 radical (unpaired) electrons. The van der Waals surface area contributed by atoms with E-state index in [1.807, 2.05) is 18.2 Å². The third-order valence-corrected chi connectivity index (χ3v) is 1.27. The van der Waals surface area contributed by atoms with Gasteiger partial charge in [0.25, 0.3) is 0 Å². The van der Waals surface area contributed by atoms with E-state index in [0.717, 1.165) is 6.54 Å². The van der Waals surface area contributed by atoms with E-state index in [0.29, 0.717) is 0 Å². The summed E-state index contributed by atoms with van der Waals surface area (Å²) < 4.78 is 0. The molecule has 2 heteroatoms. The molecule has 11 heavy (non-hydrogen) atoms. The molecule has 0 spiro atoms. The summed E-state index contributed by atoms with van der Waals surface area (Å²) in [6.45, 7) is 0.997. The van der Waals surface area contributed by atoms with E-state index < -0.39 is 0 Å².